The summed E-state index contributed by atoms with van der Waals surface area (Å²) in [5, 5.41) is 0. The first-order chi connectivity index (χ1) is 10.2. The van der Waals surface area contributed by atoms with E-state index in [2.05, 4.69) is 0 Å². The van der Waals surface area contributed by atoms with Crippen LogP contribution in [0.2, 0.25) is 0 Å². The molecule has 22 heavy (non-hydrogen) atoms. The Hall–Kier alpha value is -1.80. The number of carbonyl (C=O) groups is 1. The molecule has 1 saturated heterocycles. The van der Waals surface area contributed by atoms with Crippen molar-refractivity contribution in [3.05, 3.63) is 18.2 Å². The van der Waals surface area contributed by atoms with Crippen molar-refractivity contribution in [3.63, 3.8) is 0 Å². The summed E-state index contributed by atoms with van der Waals surface area (Å²) < 4.78 is 42.2. The van der Waals surface area contributed by atoms with Crippen LogP contribution in [0.15, 0.2) is 23.1 Å². The number of methoxy groups -OCH3 is 2. The monoisotopic (exact) mass is 329 g/mol. The van der Waals surface area contributed by atoms with E-state index in [0.717, 1.165) is 4.31 Å². The zero-order valence-corrected chi connectivity index (χ0v) is 13.8. The van der Waals surface area contributed by atoms with E-state index in [1.165, 1.54) is 46.3 Å². The van der Waals surface area contributed by atoms with E-state index in [1.54, 1.807) is 0 Å². The molecule has 0 atom stereocenters. The van der Waals surface area contributed by atoms with Crippen LogP contribution in [0, 0.1) is 0 Å². The predicted octanol–water partition coefficient (Wildman–Crippen LogP) is 1.03. The first-order valence-corrected chi connectivity index (χ1v) is 8.11. The van der Waals surface area contributed by atoms with Gasteiger partial charge in [0.2, 0.25) is 10.0 Å². The van der Waals surface area contributed by atoms with Gasteiger partial charge in [0.25, 0.3) is 0 Å². The lowest BCUT2D eigenvalue weighted by Crippen LogP contribution is -2.58. The van der Waals surface area contributed by atoms with Gasteiger partial charge in [-0.25, -0.2) is 8.42 Å². The van der Waals surface area contributed by atoms with Crippen LogP contribution in [-0.2, 0) is 19.6 Å². The summed E-state index contributed by atoms with van der Waals surface area (Å²) in [7, 11) is -1.06. The summed E-state index contributed by atoms with van der Waals surface area (Å²) in [6, 6.07) is 4.43. The minimum Gasteiger partial charge on any atom is -0.497 e. The highest BCUT2D eigenvalue weighted by Crippen LogP contribution is 2.34. The molecule has 0 radical (unpaired) electrons. The molecule has 8 heteroatoms. The molecule has 1 aromatic carbocycles. The summed E-state index contributed by atoms with van der Waals surface area (Å²) in [6.07, 6.45) is 0. The van der Waals surface area contributed by atoms with Crippen molar-refractivity contribution in [1.82, 2.24) is 4.31 Å². The first-order valence-electron chi connectivity index (χ1n) is 6.67. The van der Waals surface area contributed by atoms with Gasteiger partial charge in [0.05, 0.1) is 14.2 Å². The van der Waals surface area contributed by atoms with E-state index in [1.807, 2.05) is 0 Å². The van der Waals surface area contributed by atoms with Gasteiger partial charge >= 0.3 is 5.97 Å². The molecule has 122 valence electrons. The molecule has 0 N–H and O–H groups in total. The van der Waals surface area contributed by atoms with Crippen molar-refractivity contribution in [2.24, 2.45) is 0 Å². The van der Waals surface area contributed by atoms with Gasteiger partial charge in [-0.05, 0) is 26.0 Å². The molecular weight excluding hydrogens is 310 g/mol. The summed E-state index contributed by atoms with van der Waals surface area (Å²) in [5.74, 6) is 0.0667. The maximum Gasteiger partial charge on any atom is 0.327 e. The van der Waals surface area contributed by atoms with E-state index in [9.17, 15) is 13.2 Å². The van der Waals surface area contributed by atoms with E-state index < -0.39 is 21.5 Å². The molecule has 0 aromatic heterocycles. The average Bonchev–Trinajstić information content (AvgIpc) is 2.48. The average molecular weight is 329 g/mol. The minimum atomic E-state index is -3.92. The molecule has 1 fully saturated rings. The fourth-order valence-corrected chi connectivity index (χ4v) is 4.17. The lowest BCUT2D eigenvalue weighted by Gasteiger charge is -2.38. The van der Waals surface area contributed by atoms with Gasteiger partial charge in [-0.3, -0.25) is 4.79 Å². The van der Waals surface area contributed by atoms with E-state index in [4.69, 9.17) is 14.2 Å². The molecule has 0 saturated carbocycles. The van der Waals surface area contributed by atoms with Gasteiger partial charge in [0.1, 0.15) is 28.5 Å². The summed E-state index contributed by atoms with van der Waals surface area (Å²) in [5.41, 5.74) is -1.28. The van der Waals surface area contributed by atoms with Crippen LogP contribution in [0.5, 0.6) is 11.5 Å². The van der Waals surface area contributed by atoms with Gasteiger partial charge in [0.15, 0.2) is 0 Å². The molecule has 1 aliphatic rings. The fraction of sp³-hybridized carbons (Fsp3) is 0.500. The zero-order valence-electron chi connectivity index (χ0n) is 13.0. The quantitative estimate of drug-likeness (QED) is 0.767. The van der Waals surface area contributed by atoms with E-state index in [0.29, 0.717) is 5.75 Å². The fourth-order valence-electron chi connectivity index (χ4n) is 2.31. The number of rotatable bonds is 4. The number of ether oxygens (including phenoxy) is 3. The van der Waals surface area contributed by atoms with Crippen LogP contribution in [0.25, 0.3) is 0 Å². The number of hydrogen-bond donors (Lipinski definition) is 0. The number of esters is 1. The maximum atomic E-state index is 12.9. The Balaban J connectivity index is 2.53. The van der Waals surface area contributed by atoms with Crippen LogP contribution in [-0.4, -0.2) is 51.6 Å². The van der Waals surface area contributed by atoms with Crippen LogP contribution in [0.1, 0.15) is 13.8 Å². The third-order valence-corrected chi connectivity index (χ3v) is 5.70. The van der Waals surface area contributed by atoms with Crippen molar-refractivity contribution < 1.29 is 27.4 Å². The number of morpholine rings is 1. The van der Waals surface area contributed by atoms with Crippen molar-refractivity contribution in [1.29, 1.82) is 0 Å². The molecule has 0 unspecified atom stereocenters. The molecule has 0 spiro atoms. The first kappa shape index (κ1) is 16.6. The largest absolute Gasteiger partial charge is 0.497 e. The van der Waals surface area contributed by atoms with Crippen LogP contribution in [0.3, 0.4) is 0 Å². The molecule has 0 bridgehead atoms. The normalized spacial score (nSPS) is 18.6. The Bertz CT molecular complexity index is 683. The Labute approximate surface area is 129 Å². The second kappa shape index (κ2) is 5.77. The highest BCUT2D eigenvalue weighted by atomic mass is 32.2. The lowest BCUT2D eigenvalue weighted by molar-refractivity contribution is -0.160. The van der Waals surface area contributed by atoms with Crippen LogP contribution in [0.4, 0.5) is 0 Å². The number of sulfonamides is 1. The molecule has 0 aliphatic carbocycles. The highest BCUT2D eigenvalue weighted by Gasteiger charge is 2.47. The molecule has 1 aromatic rings. The SMILES string of the molecule is COc1ccc(S(=O)(=O)N2CCOC(=O)C2(C)C)c(OC)c1. The Morgan fingerprint density at radius 2 is 1.91 bits per heavy atom. The predicted molar refractivity (Wildman–Crippen MR) is 78.5 cm³/mol. The third kappa shape index (κ3) is 2.64. The Morgan fingerprint density at radius 1 is 1.23 bits per heavy atom. The van der Waals surface area contributed by atoms with Crippen molar-refractivity contribution >= 4 is 16.0 Å². The molecule has 0 amide bonds. The minimum absolute atomic E-state index is 0.0152. The molecule has 2 rings (SSSR count). The van der Waals surface area contributed by atoms with Crippen LogP contribution < -0.4 is 9.47 Å². The second-order valence-corrected chi connectivity index (χ2v) is 7.12. The second-order valence-electron chi connectivity index (χ2n) is 5.29. The van der Waals surface area contributed by atoms with Gasteiger partial charge < -0.3 is 14.2 Å². The van der Waals surface area contributed by atoms with Crippen molar-refractivity contribution in [3.8, 4) is 11.5 Å². The van der Waals surface area contributed by atoms with E-state index >= 15 is 0 Å². The molecule has 1 aliphatic heterocycles. The Kier molecular flexibility index (Phi) is 4.35. The smallest absolute Gasteiger partial charge is 0.327 e. The number of carbonyl (C=O) groups excluding carboxylic acids is 1. The lowest BCUT2D eigenvalue weighted by atomic mass is 10.1. The molecule has 7 nitrogen and oxygen atoms in total. The number of cyclic esters (lactones) is 1. The number of hydrogen-bond acceptors (Lipinski definition) is 6. The van der Waals surface area contributed by atoms with Crippen LogP contribution >= 0.6 is 0 Å². The topological polar surface area (TPSA) is 82.1 Å². The molecule has 1 heterocycles. The van der Waals surface area contributed by atoms with Gasteiger partial charge in [-0.1, -0.05) is 0 Å². The Morgan fingerprint density at radius 3 is 2.50 bits per heavy atom. The zero-order chi connectivity index (χ0) is 16.5. The van der Waals surface area contributed by atoms with Crippen molar-refractivity contribution in [2.75, 3.05) is 27.4 Å². The van der Waals surface area contributed by atoms with Gasteiger partial charge in [0, 0.05) is 12.6 Å². The standard InChI is InChI=1S/C14H19NO6S/c1-14(2)13(16)21-8-7-15(14)22(17,18)12-6-5-10(19-3)9-11(12)20-4/h5-6,9H,7-8H2,1-4H3. The van der Waals surface area contributed by atoms with Gasteiger partial charge in [-0.15, -0.1) is 0 Å². The number of nitrogens with zero attached hydrogens (tertiary/aromatic N) is 1. The van der Waals surface area contributed by atoms with Crippen molar-refractivity contribution in [2.45, 2.75) is 24.3 Å². The highest BCUT2D eigenvalue weighted by molar-refractivity contribution is 7.89. The maximum absolute atomic E-state index is 12.9. The van der Waals surface area contributed by atoms with Gasteiger partial charge in [-0.2, -0.15) is 4.31 Å². The van der Waals surface area contributed by atoms with E-state index in [-0.39, 0.29) is 23.8 Å². The summed E-state index contributed by atoms with van der Waals surface area (Å²) in [6.45, 7) is 3.15. The molecular formula is C14H19NO6S. The summed E-state index contributed by atoms with van der Waals surface area (Å²) >= 11 is 0. The number of benzene rings is 1. The third-order valence-electron chi connectivity index (χ3n) is 3.59. The summed E-state index contributed by atoms with van der Waals surface area (Å²) in [4.78, 5) is 11.9.